The summed E-state index contributed by atoms with van der Waals surface area (Å²) < 4.78 is 6.24. The number of fused-ring (bicyclic) bond motifs is 1. The van der Waals surface area contributed by atoms with E-state index in [1.807, 2.05) is 24.3 Å². The molecule has 0 atom stereocenters. The van der Waals surface area contributed by atoms with Crippen molar-refractivity contribution in [3.05, 3.63) is 35.9 Å². The van der Waals surface area contributed by atoms with Crippen LogP contribution < -0.4 is 4.74 Å². The van der Waals surface area contributed by atoms with Gasteiger partial charge in [-0.25, -0.2) is 4.79 Å². The fraction of sp³-hybridized carbons (Fsp3) is 0.438. The number of para-hydroxylation sites is 1. The highest BCUT2D eigenvalue weighted by Crippen LogP contribution is 2.46. The highest BCUT2D eigenvalue weighted by Gasteiger charge is 2.39. The Morgan fingerprint density at radius 3 is 2.68 bits per heavy atom. The molecule has 2 aliphatic rings. The van der Waals surface area contributed by atoms with Gasteiger partial charge in [-0.3, -0.25) is 0 Å². The van der Waals surface area contributed by atoms with E-state index in [0.717, 1.165) is 36.1 Å². The zero-order valence-corrected chi connectivity index (χ0v) is 10.9. The molecule has 1 fully saturated rings. The predicted octanol–water partition coefficient (Wildman–Crippen LogP) is 3.64. The van der Waals surface area contributed by atoms with Crippen LogP contribution in [0.1, 0.15) is 44.1 Å². The molecule has 3 heteroatoms. The zero-order chi connectivity index (χ0) is 13.3. The first-order valence-electron chi connectivity index (χ1n) is 6.90. The van der Waals surface area contributed by atoms with Gasteiger partial charge in [-0.05, 0) is 37.3 Å². The number of carboxylic acid groups (broad SMARTS) is 1. The van der Waals surface area contributed by atoms with Crippen molar-refractivity contribution in [3.8, 4) is 5.75 Å². The third-order valence-corrected chi connectivity index (χ3v) is 4.13. The second-order valence-corrected chi connectivity index (χ2v) is 5.53. The topological polar surface area (TPSA) is 46.5 Å². The summed E-state index contributed by atoms with van der Waals surface area (Å²) in [6, 6.07) is 7.76. The van der Waals surface area contributed by atoms with E-state index in [1.54, 1.807) is 0 Å². The summed E-state index contributed by atoms with van der Waals surface area (Å²) >= 11 is 0. The average molecular weight is 258 g/mol. The summed E-state index contributed by atoms with van der Waals surface area (Å²) in [4.78, 5) is 11.0. The monoisotopic (exact) mass is 258 g/mol. The molecule has 0 unspecified atom stereocenters. The first-order valence-corrected chi connectivity index (χ1v) is 6.90. The Morgan fingerprint density at radius 2 is 1.95 bits per heavy atom. The maximum atomic E-state index is 11.0. The van der Waals surface area contributed by atoms with Gasteiger partial charge in [0.15, 0.2) is 0 Å². The standard InChI is InChI=1S/C16H18O3/c17-15(18)10-12-11-16(8-4-1-5-9-16)19-14-7-3-2-6-13(12)14/h2-3,6-7,10H,1,4-5,8-9,11H2,(H,17,18)/b12-10+. The minimum atomic E-state index is -0.877. The number of benzene rings is 1. The van der Waals surface area contributed by atoms with E-state index in [4.69, 9.17) is 9.84 Å². The number of carboxylic acids is 1. The molecule has 1 spiro atoms. The fourth-order valence-electron chi connectivity index (χ4n) is 3.29. The van der Waals surface area contributed by atoms with Gasteiger partial charge in [0.1, 0.15) is 11.4 Å². The minimum absolute atomic E-state index is 0.173. The van der Waals surface area contributed by atoms with Crippen molar-refractivity contribution in [1.29, 1.82) is 0 Å². The summed E-state index contributed by atoms with van der Waals surface area (Å²) in [6.07, 6.45) is 7.71. The Kier molecular flexibility index (Phi) is 3.05. The first-order chi connectivity index (χ1) is 9.19. The van der Waals surface area contributed by atoms with E-state index in [2.05, 4.69) is 0 Å². The van der Waals surface area contributed by atoms with E-state index < -0.39 is 5.97 Å². The quantitative estimate of drug-likeness (QED) is 0.782. The minimum Gasteiger partial charge on any atom is -0.486 e. The summed E-state index contributed by atoms with van der Waals surface area (Å²) in [7, 11) is 0. The molecule has 3 nitrogen and oxygen atoms in total. The lowest BCUT2D eigenvalue weighted by Crippen LogP contribution is -2.41. The van der Waals surface area contributed by atoms with Crippen LogP contribution in [0.5, 0.6) is 5.75 Å². The van der Waals surface area contributed by atoms with Crippen LogP contribution in [0.15, 0.2) is 30.3 Å². The number of hydrogen-bond donors (Lipinski definition) is 1. The highest BCUT2D eigenvalue weighted by molar-refractivity contribution is 5.91. The molecule has 19 heavy (non-hydrogen) atoms. The molecule has 0 amide bonds. The van der Waals surface area contributed by atoms with Gasteiger partial charge in [-0.1, -0.05) is 24.6 Å². The predicted molar refractivity (Wildman–Crippen MR) is 73.1 cm³/mol. The molecule has 0 saturated heterocycles. The van der Waals surface area contributed by atoms with Crippen LogP contribution in [0, 0.1) is 0 Å². The Labute approximate surface area is 112 Å². The van der Waals surface area contributed by atoms with E-state index in [1.165, 1.54) is 25.3 Å². The number of aliphatic carboxylic acids is 1. The van der Waals surface area contributed by atoms with Crippen molar-refractivity contribution in [3.63, 3.8) is 0 Å². The van der Waals surface area contributed by atoms with Crippen LogP contribution in [-0.4, -0.2) is 16.7 Å². The Balaban J connectivity index is 2.02. The lowest BCUT2D eigenvalue weighted by molar-refractivity contribution is -0.131. The van der Waals surface area contributed by atoms with Gasteiger partial charge < -0.3 is 9.84 Å². The smallest absolute Gasteiger partial charge is 0.328 e. The highest BCUT2D eigenvalue weighted by atomic mass is 16.5. The van der Waals surface area contributed by atoms with Gasteiger partial charge >= 0.3 is 5.97 Å². The molecule has 100 valence electrons. The molecule has 0 aromatic heterocycles. The molecule has 1 heterocycles. The largest absolute Gasteiger partial charge is 0.486 e. The molecule has 1 N–H and O–H groups in total. The van der Waals surface area contributed by atoms with Gasteiger partial charge in [0.05, 0.1) is 0 Å². The third-order valence-electron chi connectivity index (χ3n) is 4.13. The summed E-state index contributed by atoms with van der Waals surface area (Å²) in [5.74, 6) is -0.0409. The molecular formula is C16H18O3. The van der Waals surface area contributed by atoms with Crippen molar-refractivity contribution >= 4 is 11.5 Å². The number of carbonyl (C=O) groups is 1. The molecule has 1 aliphatic heterocycles. The van der Waals surface area contributed by atoms with E-state index in [0.29, 0.717) is 0 Å². The van der Waals surface area contributed by atoms with Crippen LogP contribution in [0.3, 0.4) is 0 Å². The van der Waals surface area contributed by atoms with Gasteiger partial charge in [0, 0.05) is 18.1 Å². The second kappa shape index (κ2) is 4.72. The molecule has 0 bridgehead atoms. The molecule has 1 aliphatic carbocycles. The van der Waals surface area contributed by atoms with Gasteiger partial charge in [0.25, 0.3) is 0 Å². The van der Waals surface area contributed by atoms with Gasteiger partial charge in [0.2, 0.25) is 0 Å². The lowest BCUT2D eigenvalue weighted by Gasteiger charge is -2.42. The molecule has 0 radical (unpaired) electrons. The van der Waals surface area contributed by atoms with Crippen LogP contribution in [0.2, 0.25) is 0 Å². The Bertz CT molecular complexity index is 525. The van der Waals surface area contributed by atoms with Crippen LogP contribution >= 0.6 is 0 Å². The van der Waals surface area contributed by atoms with Crippen molar-refractivity contribution in [2.75, 3.05) is 0 Å². The van der Waals surface area contributed by atoms with E-state index in [9.17, 15) is 4.79 Å². The summed E-state index contributed by atoms with van der Waals surface area (Å²) in [6.45, 7) is 0. The summed E-state index contributed by atoms with van der Waals surface area (Å²) in [5.41, 5.74) is 1.66. The van der Waals surface area contributed by atoms with Gasteiger partial charge in [-0.2, -0.15) is 0 Å². The normalized spacial score (nSPS) is 22.8. The first kappa shape index (κ1) is 12.3. The molecular weight excluding hydrogens is 240 g/mol. The van der Waals surface area contributed by atoms with Crippen LogP contribution in [0.4, 0.5) is 0 Å². The molecule has 3 rings (SSSR count). The number of ether oxygens (including phenoxy) is 1. The Morgan fingerprint density at radius 1 is 1.21 bits per heavy atom. The maximum absolute atomic E-state index is 11.0. The van der Waals surface area contributed by atoms with Gasteiger partial charge in [-0.15, -0.1) is 0 Å². The SMILES string of the molecule is O=C(O)/C=C1\CC2(CCCCC2)Oc2ccccc21. The molecule has 1 saturated carbocycles. The molecule has 1 aromatic carbocycles. The van der Waals surface area contributed by atoms with E-state index >= 15 is 0 Å². The summed E-state index contributed by atoms with van der Waals surface area (Å²) in [5, 5.41) is 9.06. The zero-order valence-electron chi connectivity index (χ0n) is 10.9. The Hall–Kier alpha value is -1.77. The van der Waals surface area contributed by atoms with Crippen molar-refractivity contribution in [1.82, 2.24) is 0 Å². The fourth-order valence-corrected chi connectivity index (χ4v) is 3.29. The molecule has 1 aromatic rings. The van der Waals surface area contributed by atoms with Crippen LogP contribution in [-0.2, 0) is 4.79 Å². The maximum Gasteiger partial charge on any atom is 0.328 e. The second-order valence-electron chi connectivity index (χ2n) is 5.53. The van der Waals surface area contributed by atoms with Crippen molar-refractivity contribution < 1.29 is 14.6 Å². The number of hydrogen-bond acceptors (Lipinski definition) is 2. The van der Waals surface area contributed by atoms with Crippen molar-refractivity contribution in [2.24, 2.45) is 0 Å². The third kappa shape index (κ3) is 2.37. The van der Waals surface area contributed by atoms with Crippen LogP contribution in [0.25, 0.3) is 5.57 Å². The van der Waals surface area contributed by atoms with Crippen molar-refractivity contribution in [2.45, 2.75) is 44.1 Å². The lowest BCUT2D eigenvalue weighted by atomic mass is 9.77. The number of rotatable bonds is 1. The average Bonchev–Trinajstić information content (AvgIpc) is 2.39. The van der Waals surface area contributed by atoms with E-state index in [-0.39, 0.29) is 5.60 Å².